The van der Waals surface area contributed by atoms with Crippen LogP contribution in [-0.2, 0) is 22.6 Å². The summed E-state index contributed by atoms with van der Waals surface area (Å²) >= 11 is 0. The van der Waals surface area contributed by atoms with E-state index in [1.54, 1.807) is 6.92 Å². The van der Waals surface area contributed by atoms with Gasteiger partial charge in [0.1, 0.15) is 0 Å². The van der Waals surface area contributed by atoms with Crippen LogP contribution in [-0.4, -0.2) is 47.9 Å². The number of fused-ring (bicyclic) bond motifs is 1. The number of carbonyl (C=O) groups is 2. The predicted octanol–water partition coefficient (Wildman–Crippen LogP) is 0.791. The Bertz CT molecular complexity index is 653. The number of hydrogen-bond acceptors (Lipinski definition) is 4. The number of nitrogens with zero attached hydrogens (tertiary/aromatic N) is 1. The van der Waals surface area contributed by atoms with Crippen LogP contribution in [0.3, 0.4) is 0 Å². The van der Waals surface area contributed by atoms with Crippen LogP contribution in [0.2, 0.25) is 0 Å². The van der Waals surface area contributed by atoms with Crippen LogP contribution in [0.15, 0.2) is 24.3 Å². The molecule has 2 aliphatic rings. The van der Waals surface area contributed by atoms with E-state index in [1.807, 2.05) is 17.0 Å². The molecule has 1 aromatic carbocycles. The Labute approximate surface area is 155 Å². The second-order valence-corrected chi connectivity index (χ2v) is 7.65. The predicted molar refractivity (Wildman–Crippen MR) is 101 cm³/mol. The lowest BCUT2D eigenvalue weighted by molar-refractivity contribution is -0.134. The summed E-state index contributed by atoms with van der Waals surface area (Å²) in [7, 11) is 0. The number of likely N-dealkylation sites (tertiary alicyclic amines) is 1. The van der Waals surface area contributed by atoms with Gasteiger partial charge in [-0.1, -0.05) is 24.3 Å². The molecule has 2 heterocycles. The van der Waals surface area contributed by atoms with Gasteiger partial charge in [0.25, 0.3) is 0 Å². The van der Waals surface area contributed by atoms with Crippen molar-refractivity contribution in [2.45, 2.75) is 57.8 Å². The maximum Gasteiger partial charge on any atom is 0.239 e. The molecule has 1 unspecified atom stereocenters. The van der Waals surface area contributed by atoms with Gasteiger partial charge in [-0.05, 0) is 50.2 Å². The van der Waals surface area contributed by atoms with Gasteiger partial charge in [-0.2, -0.15) is 0 Å². The molecule has 2 aliphatic heterocycles. The maximum absolute atomic E-state index is 12.7. The highest BCUT2D eigenvalue weighted by atomic mass is 16.2. The van der Waals surface area contributed by atoms with Crippen LogP contribution in [0.1, 0.15) is 37.8 Å². The molecule has 0 aliphatic carbocycles. The van der Waals surface area contributed by atoms with Crippen molar-refractivity contribution < 1.29 is 9.59 Å². The lowest BCUT2D eigenvalue weighted by Gasteiger charge is -2.36. The number of piperidine rings is 1. The molecule has 1 aromatic rings. The summed E-state index contributed by atoms with van der Waals surface area (Å²) in [6.07, 6.45) is 2.54. The topological polar surface area (TPSA) is 87.5 Å². The van der Waals surface area contributed by atoms with Gasteiger partial charge in [0, 0.05) is 25.7 Å². The van der Waals surface area contributed by atoms with Crippen LogP contribution < -0.4 is 16.4 Å². The molecule has 0 bridgehead atoms. The van der Waals surface area contributed by atoms with E-state index in [1.165, 1.54) is 11.1 Å². The number of rotatable bonds is 4. The molecule has 1 fully saturated rings. The lowest BCUT2D eigenvalue weighted by Crippen LogP contribution is -2.53. The first-order valence-corrected chi connectivity index (χ1v) is 9.60. The zero-order valence-electron chi connectivity index (χ0n) is 15.7. The van der Waals surface area contributed by atoms with Crippen molar-refractivity contribution in [3.8, 4) is 0 Å². The third-order valence-electron chi connectivity index (χ3n) is 5.72. The second kappa shape index (κ2) is 8.18. The smallest absolute Gasteiger partial charge is 0.239 e. The number of carbonyl (C=O) groups excluding carboxylic acids is 2. The highest BCUT2D eigenvalue weighted by molar-refractivity contribution is 5.83. The van der Waals surface area contributed by atoms with Gasteiger partial charge < -0.3 is 21.3 Å². The summed E-state index contributed by atoms with van der Waals surface area (Å²) in [6.45, 7) is 5.98. The van der Waals surface area contributed by atoms with E-state index in [9.17, 15) is 9.59 Å². The lowest BCUT2D eigenvalue weighted by atomic mass is 9.89. The van der Waals surface area contributed by atoms with Crippen molar-refractivity contribution in [1.82, 2.24) is 15.5 Å². The summed E-state index contributed by atoms with van der Waals surface area (Å²) < 4.78 is 0. The van der Waals surface area contributed by atoms with E-state index in [4.69, 9.17) is 5.73 Å². The number of benzene rings is 1. The van der Waals surface area contributed by atoms with E-state index in [-0.39, 0.29) is 23.9 Å². The zero-order valence-corrected chi connectivity index (χ0v) is 15.7. The molecule has 2 amide bonds. The molecule has 26 heavy (non-hydrogen) atoms. The Morgan fingerprint density at radius 2 is 1.85 bits per heavy atom. The monoisotopic (exact) mass is 358 g/mol. The summed E-state index contributed by atoms with van der Waals surface area (Å²) in [5.74, 6) is 0.484. The second-order valence-electron chi connectivity index (χ2n) is 7.65. The number of nitrogens with one attached hydrogen (secondary N) is 2. The van der Waals surface area contributed by atoms with Crippen LogP contribution >= 0.6 is 0 Å². The average Bonchev–Trinajstić information content (AvgIpc) is 2.67. The van der Waals surface area contributed by atoms with Crippen molar-refractivity contribution >= 4 is 11.8 Å². The Morgan fingerprint density at radius 1 is 1.19 bits per heavy atom. The minimum Gasteiger partial charge on any atom is -0.352 e. The Hall–Kier alpha value is -1.92. The summed E-state index contributed by atoms with van der Waals surface area (Å²) in [5.41, 5.74) is 8.21. The van der Waals surface area contributed by atoms with Crippen LogP contribution in [0.5, 0.6) is 0 Å². The first kappa shape index (κ1) is 18.9. The van der Waals surface area contributed by atoms with Crippen LogP contribution in [0, 0.1) is 5.92 Å². The molecule has 0 aromatic heterocycles. The van der Waals surface area contributed by atoms with Gasteiger partial charge in [0.15, 0.2) is 0 Å². The van der Waals surface area contributed by atoms with E-state index in [0.717, 1.165) is 38.9 Å². The van der Waals surface area contributed by atoms with Gasteiger partial charge in [-0.15, -0.1) is 0 Å². The first-order chi connectivity index (χ1) is 12.5. The average molecular weight is 358 g/mol. The third-order valence-corrected chi connectivity index (χ3v) is 5.72. The Morgan fingerprint density at radius 3 is 2.50 bits per heavy atom. The maximum atomic E-state index is 12.7. The van der Waals surface area contributed by atoms with E-state index in [2.05, 4.69) is 29.7 Å². The quantitative estimate of drug-likeness (QED) is 0.743. The molecule has 0 radical (unpaired) electrons. The number of hydrogen-bond donors (Lipinski definition) is 3. The zero-order chi connectivity index (χ0) is 18.7. The highest BCUT2D eigenvalue weighted by Gasteiger charge is 2.30. The molecule has 3 rings (SSSR count). The Balaban J connectivity index is 1.49. The largest absolute Gasteiger partial charge is 0.352 e. The normalized spacial score (nSPS) is 23.0. The molecule has 4 N–H and O–H groups in total. The molecule has 3 atom stereocenters. The standard InChI is InChI=1S/C20H30N4O2/c1-13(21)20(26)24-9-7-15(8-10-24)14(2)23-19(25)18-11-16-5-3-4-6-17(16)12-22-18/h3-6,13-15,18,22H,7-12,21H2,1-2H3,(H,23,25)/t13-,14?,18+/m0/s1. The fraction of sp³-hybridized carbons (Fsp3) is 0.600. The fourth-order valence-electron chi connectivity index (χ4n) is 3.99. The number of amides is 2. The molecule has 0 saturated carbocycles. The molecular weight excluding hydrogens is 328 g/mol. The summed E-state index contributed by atoms with van der Waals surface area (Å²) in [5, 5.41) is 6.53. The third kappa shape index (κ3) is 4.24. The minimum atomic E-state index is -0.441. The van der Waals surface area contributed by atoms with Crippen molar-refractivity contribution in [1.29, 1.82) is 0 Å². The summed E-state index contributed by atoms with van der Waals surface area (Å²) in [6, 6.07) is 7.76. The Kier molecular flexibility index (Phi) is 5.94. The van der Waals surface area contributed by atoms with Crippen molar-refractivity contribution in [2.24, 2.45) is 11.7 Å². The van der Waals surface area contributed by atoms with Crippen molar-refractivity contribution in [3.63, 3.8) is 0 Å². The van der Waals surface area contributed by atoms with Crippen molar-refractivity contribution in [2.75, 3.05) is 13.1 Å². The van der Waals surface area contributed by atoms with E-state index >= 15 is 0 Å². The van der Waals surface area contributed by atoms with E-state index in [0.29, 0.717) is 5.92 Å². The summed E-state index contributed by atoms with van der Waals surface area (Å²) in [4.78, 5) is 26.5. The van der Waals surface area contributed by atoms with Crippen LogP contribution in [0.25, 0.3) is 0 Å². The molecule has 0 spiro atoms. The van der Waals surface area contributed by atoms with Gasteiger partial charge in [0.05, 0.1) is 12.1 Å². The van der Waals surface area contributed by atoms with Gasteiger partial charge >= 0.3 is 0 Å². The number of nitrogens with two attached hydrogens (primary N) is 1. The SMILES string of the molecule is CC(NC(=O)[C@H]1Cc2ccccc2CN1)C1CCN(C(=O)[C@H](C)N)CC1. The first-order valence-electron chi connectivity index (χ1n) is 9.60. The minimum absolute atomic E-state index is 0.0187. The van der Waals surface area contributed by atoms with Gasteiger partial charge in [0.2, 0.25) is 11.8 Å². The molecular formula is C20H30N4O2. The van der Waals surface area contributed by atoms with Gasteiger partial charge in [-0.25, -0.2) is 0 Å². The van der Waals surface area contributed by atoms with E-state index < -0.39 is 6.04 Å². The van der Waals surface area contributed by atoms with Gasteiger partial charge in [-0.3, -0.25) is 9.59 Å². The molecule has 1 saturated heterocycles. The van der Waals surface area contributed by atoms with Crippen molar-refractivity contribution in [3.05, 3.63) is 35.4 Å². The highest BCUT2D eigenvalue weighted by Crippen LogP contribution is 2.22. The molecule has 6 nitrogen and oxygen atoms in total. The van der Waals surface area contributed by atoms with Crippen LogP contribution in [0.4, 0.5) is 0 Å². The molecule has 6 heteroatoms. The molecule has 142 valence electrons. The fourth-order valence-corrected chi connectivity index (χ4v) is 3.99.